The molecule has 1 aliphatic rings. The van der Waals surface area contributed by atoms with Crippen molar-refractivity contribution in [1.82, 2.24) is 0 Å². The van der Waals surface area contributed by atoms with Crippen LogP contribution in [0.3, 0.4) is 0 Å². The number of benzene rings is 4. The summed E-state index contributed by atoms with van der Waals surface area (Å²) in [4.78, 5) is 23.9. The summed E-state index contributed by atoms with van der Waals surface area (Å²) in [5.41, 5.74) is 5.38. The van der Waals surface area contributed by atoms with Gasteiger partial charge < -0.3 is 34.6 Å². The van der Waals surface area contributed by atoms with Gasteiger partial charge in [-0.3, -0.25) is 0 Å². The van der Waals surface area contributed by atoms with E-state index in [4.69, 9.17) is 14.2 Å². The van der Waals surface area contributed by atoms with Crippen LogP contribution >= 0.6 is 0 Å². The molecule has 1 aliphatic heterocycles. The molecule has 0 saturated carbocycles. The van der Waals surface area contributed by atoms with Crippen molar-refractivity contribution in [3.8, 4) is 23.0 Å². The molecule has 0 saturated heterocycles. The summed E-state index contributed by atoms with van der Waals surface area (Å²) in [6, 6.07) is 22.5. The second-order valence-corrected chi connectivity index (χ2v) is 14.3. The third-order valence-corrected chi connectivity index (χ3v) is 9.46. The minimum absolute atomic E-state index is 0.0768. The predicted octanol–water partition coefficient (Wildman–Crippen LogP) is 10.1. The topological polar surface area (TPSA) is 143 Å². The van der Waals surface area contributed by atoms with Gasteiger partial charge in [0.15, 0.2) is 0 Å². The zero-order valence-electron chi connectivity index (χ0n) is 33.1. The summed E-state index contributed by atoms with van der Waals surface area (Å²) < 4.78 is 16.8. The predicted molar refractivity (Wildman–Crippen MR) is 223 cm³/mol. The monoisotopic (exact) mass is 760 g/mol. The Morgan fingerprint density at radius 3 is 1.80 bits per heavy atom. The maximum absolute atomic E-state index is 12.0. The van der Waals surface area contributed by atoms with Gasteiger partial charge >= 0.3 is 11.9 Å². The van der Waals surface area contributed by atoms with Crippen LogP contribution in [0.25, 0.3) is 24.3 Å². The molecule has 9 nitrogen and oxygen atoms in total. The number of rotatable bonds is 13. The maximum Gasteiger partial charge on any atom is 0.340 e. The van der Waals surface area contributed by atoms with Gasteiger partial charge in [0.05, 0.1) is 20.3 Å². The minimum atomic E-state index is -1.17. The smallest absolute Gasteiger partial charge is 0.340 e. The van der Waals surface area contributed by atoms with Crippen molar-refractivity contribution < 1.29 is 44.2 Å². The fourth-order valence-corrected chi connectivity index (χ4v) is 6.21. The number of allylic oxidation sites excluding steroid dienone is 4. The molecule has 4 N–H and O–H groups in total. The van der Waals surface area contributed by atoms with E-state index in [1.165, 1.54) is 25.4 Å². The minimum Gasteiger partial charge on any atom is -0.507 e. The first-order valence-corrected chi connectivity index (χ1v) is 18.4. The first-order chi connectivity index (χ1) is 26.7. The van der Waals surface area contributed by atoms with Crippen LogP contribution in [0.2, 0.25) is 0 Å². The number of methoxy groups -OCH3 is 2. The Bertz CT molecular complexity index is 2120. The standard InChI is InChI=1S/C26H30O4.C21H22O5/c1-18(2)9-8-10-19(3)13-16-22-23(30-4)17-21(24(25(22)27)26(28)29)15-14-20-11-6-5-7-12-20;1-21(2)17(22)12-15-16(25-3)11-14(18(20(23)24)19(15)26-21)10-9-13-7-5-4-6-8-13/h5-7,9,11-15,17,27H,8,10,16H2,1-4H3,(H,28,29);4-11,17,22H,12H2,1-3H3,(H,23,24)/b15-14+,19-13+;10-9+. The molecular formula is C47H52O9. The lowest BCUT2D eigenvalue weighted by Gasteiger charge is -2.38. The lowest BCUT2D eigenvalue weighted by molar-refractivity contribution is -0.0423. The zero-order chi connectivity index (χ0) is 41.0. The largest absolute Gasteiger partial charge is 0.507 e. The molecule has 294 valence electrons. The van der Waals surface area contributed by atoms with Crippen LogP contribution < -0.4 is 14.2 Å². The normalized spacial score (nSPS) is 14.6. The lowest BCUT2D eigenvalue weighted by Crippen LogP contribution is -2.46. The van der Waals surface area contributed by atoms with Gasteiger partial charge in [0.25, 0.3) is 0 Å². The Kier molecular flexibility index (Phi) is 14.9. The van der Waals surface area contributed by atoms with Crippen molar-refractivity contribution in [2.75, 3.05) is 14.2 Å². The van der Waals surface area contributed by atoms with Crippen LogP contribution in [0.5, 0.6) is 23.0 Å². The van der Waals surface area contributed by atoms with Crippen molar-refractivity contribution >= 4 is 36.2 Å². The van der Waals surface area contributed by atoms with Crippen LogP contribution in [0.4, 0.5) is 0 Å². The number of hydrogen-bond donors (Lipinski definition) is 4. The Labute approximate surface area is 329 Å². The Morgan fingerprint density at radius 2 is 1.30 bits per heavy atom. The number of ether oxygens (including phenoxy) is 3. The average molecular weight is 761 g/mol. The van der Waals surface area contributed by atoms with Crippen molar-refractivity contribution in [2.45, 2.75) is 72.0 Å². The fourth-order valence-electron chi connectivity index (χ4n) is 6.21. The molecule has 0 fully saturated rings. The number of aliphatic hydroxyl groups is 1. The molecule has 0 bridgehead atoms. The summed E-state index contributed by atoms with van der Waals surface area (Å²) in [6.07, 6.45) is 13.1. The number of carboxylic acids is 2. The molecule has 1 unspecified atom stereocenters. The van der Waals surface area contributed by atoms with Gasteiger partial charge in [0.1, 0.15) is 39.7 Å². The number of aromatic carboxylic acids is 2. The second kappa shape index (κ2) is 19.5. The number of phenols is 1. The molecule has 1 heterocycles. The van der Waals surface area contributed by atoms with E-state index in [9.17, 15) is 30.0 Å². The molecule has 9 heteroatoms. The Hall–Kier alpha value is -6.06. The summed E-state index contributed by atoms with van der Waals surface area (Å²) in [7, 11) is 3.04. The van der Waals surface area contributed by atoms with Gasteiger partial charge in [-0.25, -0.2) is 9.59 Å². The maximum atomic E-state index is 12.0. The van der Waals surface area contributed by atoms with E-state index < -0.39 is 23.6 Å². The molecule has 0 spiro atoms. The summed E-state index contributed by atoms with van der Waals surface area (Å²) in [5.74, 6) is -1.26. The third-order valence-electron chi connectivity index (χ3n) is 9.46. The first-order valence-electron chi connectivity index (χ1n) is 18.4. The molecule has 4 aromatic carbocycles. The van der Waals surface area contributed by atoms with Gasteiger partial charge in [-0.05, 0) is 88.3 Å². The van der Waals surface area contributed by atoms with Crippen molar-refractivity contribution in [3.63, 3.8) is 0 Å². The number of carboxylic acid groups (broad SMARTS) is 2. The van der Waals surface area contributed by atoms with Crippen LogP contribution in [0.1, 0.15) is 102 Å². The molecule has 56 heavy (non-hydrogen) atoms. The molecule has 0 radical (unpaired) electrons. The number of aromatic hydroxyl groups is 1. The second-order valence-electron chi connectivity index (χ2n) is 14.3. The third kappa shape index (κ3) is 11.0. The zero-order valence-corrected chi connectivity index (χ0v) is 33.1. The number of carbonyl (C=O) groups is 2. The van der Waals surface area contributed by atoms with Gasteiger partial charge in [-0.1, -0.05) is 108 Å². The van der Waals surface area contributed by atoms with Gasteiger partial charge in [0.2, 0.25) is 0 Å². The number of hydrogen-bond acceptors (Lipinski definition) is 7. The Balaban J connectivity index is 0.000000251. The first kappa shape index (κ1) is 42.7. The lowest BCUT2D eigenvalue weighted by atomic mass is 9.87. The molecule has 0 amide bonds. The van der Waals surface area contributed by atoms with Crippen LogP contribution in [-0.2, 0) is 12.8 Å². The summed E-state index contributed by atoms with van der Waals surface area (Å²) in [6.45, 7) is 9.67. The van der Waals surface area contributed by atoms with E-state index in [0.717, 1.165) is 24.0 Å². The molecule has 5 rings (SSSR count). The molecular weight excluding hydrogens is 709 g/mol. The highest BCUT2D eigenvalue weighted by atomic mass is 16.5. The van der Waals surface area contributed by atoms with Gasteiger partial charge in [-0.2, -0.15) is 0 Å². The molecule has 0 aliphatic carbocycles. The quantitative estimate of drug-likeness (QED) is 0.0773. The number of aliphatic hydroxyl groups excluding tert-OH is 1. The highest BCUT2D eigenvalue weighted by molar-refractivity contribution is 5.98. The van der Waals surface area contributed by atoms with E-state index >= 15 is 0 Å². The molecule has 0 aromatic heterocycles. The van der Waals surface area contributed by atoms with E-state index in [0.29, 0.717) is 40.2 Å². The molecule has 4 aromatic rings. The highest BCUT2D eigenvalue weighted by Gasteiger charge is 2.40. The van der Waals surface area contributed by atoms with Gasteiger partial charge in [-0.15, -0.1) is 0 Å². The average Bonchev–Trinajstić information content (AvgIpc) is 3.16. The SMILES string of the molecule is COc1cc(/C=C/c2ccccc2)c(C(=O)O)c(O)c1C/C=C(\C)CCC=C(C)C.COc1cc(/C=C/c2ccccc2)c(C(=O)O)c2c1CC(O)C(C)(C)O2. The summed E-state index contributed by atoms with van der Waals surface area (Å²) >= 11 is 0. The fraction of sp³-hybridized carbons (Fsp3) is 0.277. The van der Waals surface area contributed by atoms with Crippen molar-refractivity contribution in [2.24, 2.45) is 0 Å². The van der Waals surface area contributed by atoms with Crippen LogP contribution in [-0.4, -0.2) is 58.3 Å². The summed E-state index contributed by atoms with van der Waals surface area (Å²) in [5, 5.41) is 40.6. The van der Waals surface area contributed by atoms with Crippen molar-refractivity contribution in [1.29, 1.82) is 0 Å². The Morgan fingerprint density at radius 1 is 0.786 bits per heavy atom. The van der Waals surface area contributed by atoms with Gasteiger partial charge in [0, 0.05) is 17.5 Å². The van der Waals surface area contributed by atoms with E-state index in [1.54, 1.807) is 38.1 Å². The van der Waals surface area contributed by atoms with Crippen LogP contribution in [0, 0.1) is 0 Å². The molecule has 1 atom stereocenters. The van der Waals surface area contributed by atoms with E-state index in [1.807, 2.05) is 85.8 Å². The highest BCUT2D eigenvalue weighted by Crippen LogP contribution is 2.43. The number of fused-ring (bicyclic) bond motifs is 1. The van der Waals surface area contributed by atoms with E-state index in [2.05, 4.69) is 19.9 Å². The van der Waals surface area contributed by atoms with E-state index in [-0.39, 0.29) is 29.0 Å². The van der Waals surface area contributed by atoms with Crippen LogP contribution in [0.15, 0.2) is 96.1 Å². The van der Waals surface area contributed by atoms with Crippen molar-refractivity contribution in [3.05, 3.63) is 141 Å².